The van der Waals surface area contributed by atoms with Crippen molar-refractivity contribution in [3.8, 4) is 0 Å². The van der Waals surface area contributed by atoms with Gasteiger partial charge in [0, 0.05) is 25.7 Å². The third kappa shape index (κ3) is 50.3. The molecular formula is C91H171O25P. The van der Waals surface area contributed by atoms with Crippen LogP contribution in [0.25, 0.3) is 0 Å². The number of carbonyl (C=O) groups is 4. The second kappa shape index (κ2) is 69.7. The molecular weight excluding hydrogens is 1520 g/mol. The van der Waals surface area contributed by atoms with Crippen molar-refractivity contribution in [2.24, 2.45) is 5.92 Å². The Morgan fingerprint density at radius 2 is 0.641 bits per heavy atom. The molecule has 0 amide bonds. The number of aliphatic hydroxyl groups is 9. The van der Waals surface area contributed by atoms with Gasteiger partial charge in [0.05, 0.1) is 13.2 Å². The number of phosphoric ester groups is 1. The molecule has 0 radical (unpaired) electrons. The summed E-state index contributed by atoms with van der Waals surface area (Å²) in [5.74, 6) is -2.27. The normalized spacial score (nSPS) is 25.3. The minimum atomic E-state index is -5.80. The molecule has 0 aromatic heterocycles. The third-order valence-corrected chi connectivity index (χ3v) is 24.7. The largest absolute Gasteiger partial charge is 0.472 e. The van der Waals surface area contributed by atoms with Crippen LogP contribution in [0.5, 0.6) is 0 Å². The number of hydrogen-bond acceptors (Lipinski definition) is 24. The van der Waals surface area contributed by atoms with Gasteiger partial charge in [0.15, 0.2) is 24.8 Å². The molecule has 0 bridgehead atoms. The van der Waals surface area contributed by atoms with Gasteiger partial charge < -0.3 is 88.7 Å². The van der Waals surface area contributed by atoms with Crippen molar-refractivity contribution in [2.75, 3.05) is 26.4 Å². The maximum atomic E-state index is 14.9. The predicted molar refractivity (Wildman–Crippen MR) is 453 cm³/mol. The van der Waals surface area contributed by atoms with Gasteiger partial charge in [-0.25, -0.2) is 4.57 Å². The van der Waals surface area contributed by atoms with Gasteiger partial charge in [-0.1, -0.05) is 369 Å². The van der Waals surface area contributed by atoms with E-state index in [2.05, 4.69) is 34.6 Å². The highest BCUT2D eigenvalue weighted by Gasteiger charge is 2.60. The lowest BCUT2D eigenvalue weighted by Crippen LogP contribution is -2.70. The fourth-order valence-electron chi connectivity index (χ4n) is 16.1. The van der Waals surface area contributed by atoms with Crippen LogP contribution >= 0.6 is 7.82 Å². The van der Waals surface area contributed by atoms with Crippen LogP contribution in [0.3, 0.4) is 0 Å². The maximum absolute atomic E-state index is 14.9. The maximum Gasteiger partial charge on any atom is 0.472 e. The highest BCUT2D eigenvalue weighted by Crippen LogP contribution is 2.49. The number of unbranched alkanes of at least 4 members (excludes halogenated alkanes) is 49. The second-order valence-corrected chi connectivity index (χ2v) is 35.9. The average Bonchev–Trinajstić information content (AvgIpc) is 0.754. The van der Waals surface area contributed by atoms with Gasteiger partial charge in [-0.05, 0) is 31.6 Å². The van der Waals surface area contributed by atoms with E-state index in [4.69, 9.17) is 46.9 Å². The Morgan fingerprint density at radius 1 is 0.333 bits per heavy atom. The van der Waals surface area contributed by atoms with Crippen molar-refractivity contribution in [3.63, 3.8) is 0 Å². The molecule has 1 aliphatic carbocycles. The first kappa shape index (κ1) is 109. The first-order valence-corrected chi connectivity index (χ1v) is 49.2. The second-order valence-electron chi connectivity index (χ2n) is 34.5. The molecule has 10 N–H and O–H groups in total. The van der Waals surface area contributed by atoms with E-state index < -0.39 is 162 Å². The van der Waals surface area contributed by atoms with Crippen LogP contribution in [0, 0.1) is 5.92 Å². The van der Waals surface area contributed by atoms with Crippen molar-refractivity contribution < 1.29 is 122 Å². The molecule has 0 aromatic rings. The van der Waals surface area contributed by atoms with Crippen LogP contribution in [0.15, 0.2) is 0 Å². The minimum absolute atomic E-state index is 0.0194. The summed E-state index contributed by atoms with van der Waals surface area (Å²) < 4.78 is 73.5. The summed E-state index contributed by atoms with van der Waals surface area (Å²) in [6.45, 7) is 7.95. The summed E-state index contributed by atoms with van der Waals surface area (Å²) in [7, 11) is -5.80. The molecule has 26 heteroatoms. The number of hydrogen-bond donors (Lipinski definition) is 10. The van der Waals surface area contributed by atoms with Gasteiger partial charge in [-0.15, -0.1) is 0 Å². The molecule has 2 aliphatic heterocycles. The lowest BCUT2D eigenvalue weighted by Gasteiger charge is -2.50. The minimum Gasteiger partial charge on any atom is -0.463 e. The number of aliphatic hydroxyl groups excluding tert-OH is 9. The van der Waals surface area contributed by atoms with Crippen LogP contribution in [-0.2, 0) is 70.7 Å². The number of ether oxygens (including phenoxy) is 8. The standard InChI is InChI=1S/C91H171O25P/c1-6-10-14-18-22-25-28-31-32-33-36-38-40-43-50-56-62-74(93)107-67-71(110-76(95)64-58-53-47-46-49-55-61-70(5)60-54-48-21-17-13-9-4)68-109-117(105,106)116-89-87(114-90-84(103)80(99)78(97)72(66-92)111-90)83(102)82(101)86(113-77(96)65-59-52-45-42-39-35-30-27-24-20-16-12-8-3)88(89)115-91-85(104)81(100)79(98)73(112-91)69-108-75(94)63-57-51-44-41-37-34-29-26-23-19-15-11-7-2/h70-73,78-92,97-104H,6-69H2,1-5H3,(H,105,106). The molecule has 25 nitrogen and oxygen atoms in total. The van der Waals surface area contributed by atoms with Gasteiger partial charge in [0.1, 0.15) is 92.6 Å². The quantitative estimate of drug-likeness (QED) is 0.0117. The fraction of sp³-hybridized carbons (Fsp3) is 0.956. The SMILES string of the molecule is CCCCCCCCCCCCCCCCCCC(=O)OCC(COP(=O)(O)OC1C(OC2OC(CO)C(O)C(O)C2O)C(O)C(O)C(OC(=O)CCCCCCCCCCCCCCC)C1OC1OC(COC(=O)CCCCCCCCCCCCCCC)C(O)C(O)C1O)OC(=O)CCCCCCCCC(C)CCCCCCCC. The molecule has 3 fully saturated rings. The van der Waals surface area contributed by atoms with E-state index in [9.17, 15) is 74.6 Å². The molecule has 0 aromatic carbocycles. The third-order valence-electron chi connectivity index (χ3n) is 23.8. The molecule has 3 aliphatic rings. The predicted octanol–water partition coefficient (Wildman–Crippen LogP) is 17.6. The Morgan fingerprint density at radius 3 is 1.02 bits per heavy atom. The smallest absolute Gasteiger partial charge is 0.463 e. The lowest BCUT2D eigenvalue weighted by atomic mass is 9.84. The molecule has 19 unspecified atom stereocenters. The fourth-order valence-corrected chi connectivity index (χ4v) is 17.1. The van der Waals surface area contributed by atoms with Gasteiger partial charge in [-0.3, -0.25) is 28.2 Å². The molecule has 3 rings (SSSR count). The molecule has 0 spiro atoms. The first-order chi connectivity index (χ1) is 56.6. The van der Waals surface area contributed by atoms with E-state index >= 15 is 0 Å². The van der Waals surface area contributed by atoms with E-state index in [0.717, 1.165) is 128 Å². The molecule has 690 valence electrons. The van der Waals surface area contributed by atoms with Gasteiger partial charge in [0.25, 0.3) is 0 Å². The Bertz CT molecular complexity index is 2450. The van der Waals surface area contributed by atoms with Gasteiger partial charge in [-0.2, -0.15) is 0 Å². The Kier molecular flexibility index (Phi) is 64.8. The summed E-state index contributed by atoms with van der Waals surface area (Å²) in [5, 5.41) is 102. The van der Waals surface area contributed by atoms with E-state index in [1.54, 1.807) is 0 Å². The van der Waals surface area contributed by atoms with Crippen molar-refractivity contribution in [2.45, 2.75) is 524 Å². The summed E-state index contributed by atoms with van der Waals surface area (Å²) >= 11 is 0. The molecule has 2 saturated heterocycles. The first-order valence-electron chi connectivity index (χ1n) is 47.7. The highest BCUT2D eigenvalue weighted by atomic mass is 31.2. The van der Waals surface area contributed by atoms with Crippen molar-refractivity contribution >= 4 is 31.7 Å². The number of rotatable bonds is 77. The summed E-state index contributed by atoms with van der Waals surface area (Å²) in [5.41, 5.74) is 0. The summed E-state index contributed by atoms with van der Waals surface area (Å²) in [6.07, 6.45) is 25.3. The summed E-state index contributed by atoms with van der Waals surface area (Å²) in [4.78, 5) is 66.5. The zero-order valence-corrected chi connectivity index (χ0v) is 74.6. The average molecular weight is 1700 g/mol. The van der Waals surface area contributed by atoms with Gasteiger partial charge >= 0.3 is 31.7 Å². The molecule has 117 heavy (non-hydrogen) atoms. The topological polar surface area (TPSA) is 380 Å². The zero-order chi connectivity index (χ0) is 85.5. The Hall–Kier alpha value is -2.53. The van der Waals surface area contributed by atoms with E-state index in [1.165, 1.54) is 199 Å². The molecule has 19 atom stereocenters. The highest BCUT2D eigenvalue weighted by molar-refractivity contribution is 7.47. The number of phosphoric acid groups is 1. The van der Waals surface area contributed by atoms with E-state index in [-0.39, 0.29) is 25.7 Å². The van der Waals surface area contributed by atoms with Crippen LogP contribution in [0.2, 0.25) is 0 Å². The van der Waals surface area contributed by atoms with Crippen LogP contribution < -0.4 is 0 Å². The Balaban J connectivity index is 1.91. The number of esters is 4. The lowest BCUT2D eigenvalue weighted by molar-refractivity contribution is -0.360. The van der Waals surface area contributed by atoms with Crippen LogP contribution in [-0.4, -0.2) is 205 Å². The zero-order valence-electron chi connectivity index (χ0n) is 73.7. The Labute approximate surface area is 706 Å². The summed E-state index contributed by atoms with van der Waals surface area (Å²) in [6, 6.07) is 0. The van der Waals surface area contributed by atoms with Crippen molar-refractivity contribution in [1.29, 1.82) is 0 Å². The molecule has 1 saturated carbocycles. The molecule has 2 heterocycles. The van der Waals surface area contributed by atoms with Crippen molar-refractivity contribution in [1.82, 2.24) is 0 Å². The van der Waals surface area contributed by atoms with E-state index in [1.807, 2.05) is 0 Å². The monoisotopic (exact) mass is 1700 g/mol. The van der Waals surface area contributed by atoms with Crippen LogP contribution in [0.1, 0.15) is 420 Å². The van der Waals surface area contributed by atoms with Crippen LogP contribution in [0.4, 0.5) is 0 Å². The number of carbonyl (C=O) groups excluding carboxylic acids is 4. The van der Waals surface area contributed by atoms with Crippen molar-refractivity contribution in [3.05, 3.63) is 0 Å². The van der Waals surface area contributed by atoms with E-state index in [0.29, 0.717) is 38.0 Å². The van der Waals surface area contributed by atoms with Gasteiger partial charge in [0.2, 0.25) is 0 Å².